The summed E-state index contributed by atoms with van der Waals surface area (Å²) >= 11 is 0. The fourth-order valence-electron chi connectivity index (χ4n) is 2.58. The van der Waals surface area contributed by atoms with Crippen molar-refractivity contribution in [3.8, 4) is 5.75 Å². The Labute approximate surface area is 139 Å². The summed E-state index contributed by atoms with van der Waals surface area (Å²) in [5.74, 6) is 0.718. The molecule has 0 bridgehead atoms. The van der Waals surface area contributed by atoms with Crippen LogP contribution in [0.2, 0.25) is 0 Å². The predicted octanol–water partition coefficient (Wildman–Crippen LogP) is 3.41. The minimum Gasteiger partial charge on any atom is -0.490 e. The monoisotopic (exact) mass is 345 g/mol. The summed E-state index contributed by atoms with van der Waals surface area (Å²) in [7, 11) is 0. The van der Waals surface area contributed by atoms with E-state index in [1.807, 2.05) is 0 Å². The summed E-state index contributed by atoms with van der Waals surface area (Å²) < 4.78 is 47.9. The molecule has 24 heavy (non-hydrogen) atoms. The molecule has 2 rings (SSSR count). The quantitative estimate of drug-likeness (QED) is 0.579. The number of hydrogen-bond donors (Lipinski definition) is 1. The highest BCUT2D eigenvalue weighted by atomic mass is 19.4. The number of halogens is 3. The molecule has 1 aliphatic rings. The van der Waals surface area contributed by atoms with E-state index in [2.05, 4.69) is 5.32 Å². The summed E-state index contributed by atoms with van der Waals surface area (Å²) in [6.45, 7) is 3.55. The number of benzene rings is 1. The van der Waals surface area contributed by atoms with Crippen LogP contribution in [0.5, 0.6) is 5.75 Å². The first-order chi connectivity index (χ1) is 11.4. The van der Waals surface area contributed by atoms with Crippen LogP contribution in [0.3, 0.4) is 0 Å². The number of hydrogen-bond acceptors (Lipinski definition) is 4. The third-order valence-corrected chi connectivity index (χ3v) is 3.92. The van der Waals surface area contributed by atoms with Gasteiger partial charge in [-0.05, 0) is 56.5 Å². The van der Waals surface area contributed by atoms with Crippen molar-refractivity contribution in [2.45, 2.75) is 38.5 Å². The first-order valence-corrected chi connectivity index (χ1v) is 8.08. The van der Waals surface area contributed by atoms with Crippen LogP contribution < -0.4 is 10.1 Å². The third kappa shape index (κ3) is 5.70. The van der Waals surface area contributed by atoms with Crippen molar-refractivity contribution < 1.29 is 27.4 Å². The average Bonchev–Trinajstić information content (AvgIpc) is 2.48. The maximum absolute atomic E-state index is 12.5. The number of carbonyl (C=O) groups excluding carboxylic acids is 1. The zero-order valence-corrected chi connectivity index (χ0v) is 13.6. The second kappa shape index (κ2) is 8.37. The van der Waals surface area contributed by atoms with Gasteiger partial charge in [-0.15, -0.1) is 0 Å². The summed E-state index contributed by atoms with van der Waals surface area (Å²) in [5, 5.41) is 3.20. The van der Waals surface area contributed by atoms with Crippen LogP contribution in [0.25, 0.3) is 0 Å². The van der Waals surface area contributed by atoms with E-state index in [0.717, 1.165) is 31.5 Å². The molecule has 0 spiro atoms. The Kier molecular flexibility index (Phi) is 6.48. The van der Waals surface area contributed by atoms with Gasteiger partial charge in [-0.3, -0.25) is 4.79 Å². The Morgan fingerprint density at radius 2 is 1.92 bits per heavy atom. The Bertz CT molecular complexity index is 525. The Balaban J connectivity index is 1.60. The lowest BCUT2D eigenvalue weighted by Crippen LogP contribution is -2.40. The van der Waals surface area contributed by atoms with Gasteiger partial charge >= 0.3 is 12.1 Å². The molecule has 1 N–H and O–H groups in total. The SMILES string of the molecule is CCOC(=O)CCNCC1CC(Oc2ccc(C(F)(F)F)cc2)C1. The van der Waals surface area contributed by atoms with Gasteiger partial charge in [0.05, 0.1) is 24.7 Å². The number of carbonyl (C=O) groups is 1. The zero-order chi connectivity index (χ0) is 17.6. The van der Waals surface area contributed by atoms with Gasteiger partial charge in [0.15, 0.2) is 0 Å². The van der Waals surface area contributed by atoms with Gasteiger partial charge < -0.3 is 14.8 Å². The van der Waals surface area contributed by atoms with Crippen LogP contribution in [0.15, 0.2) is 24.3 Å². The summed E-state index contributed by atoms with van der Waals surface area (Å²) in [6, 6.07) is 4.77. The average molecular weight is 345 g/mol. The lowest BCUT2D eigenvalue weighted by molar-refractivity contribution is -0.143. The standard InChI is InChI=1S/C17H22F3NO3/c1-2-23-16(22)7-8-21-11-12-9-15(10-12)24-14-5-3-13(4-6-14)17(18,19)20/h3-6,12,15,21H,2,7-11H2,1H3. The summed E-state index contributed by atoms with van der Waals surface area (Å²) in [4.78, 5) is 11.2. The van der Waals surface area contributed by atoms with E-state index >= 15 is 0 Å². The first-order valence-electron chi connectivity index (χ1n) is 8.08. The van der Waals surface area contributed by atoms with Crippen LogP contribution in [0.4, 0.5) is 13.2 Å². The molecule has 0 aliphatic heterocycles. The van der Waals surface area contributed by atoms with E-state index in [4.69, 9.17) is 9.47 Å². The third-order valence-electron chi connectivity index (χ3n) is 3.92. The topological polar surface area (TPSA) is 47.6 Å². The largest absolute Gasteiger partial charge is 0.490 e. The fraction of sp³-hybridized carbons (Fsp3) is 0.588. The van der Waals surface area contributed by atoms with E-state index in [-0.39, 0.29) is 12.1 Å². The Morgan fingerprint density at radius 3 is 2.50 bits per heavy atom. The Morgan fingerprint density at radius 1 is 1.25 bits per heavy atom. The highest BCUT2D eigenvalue weighted by molar-refractivity contribution is 5.69. The van der Waals surface area contributed by atoms with Crippen LogP contribution in [-0.2, 0) is 15.7 Å². The minimum atomic E-state index is -4.32. The van der Waals surface area contributed by atoms with Gasteiger partial charge in [0.1, 0.15) is 5.75 Å². The van der Waals surface area contributed by atoms with Gasteiger partial charge in [0.25, 0.3) is 0 Å². The fourth-order valence-corrected chi connectivity index (χ4v) is 2.58. The van der Waals surface area contributed by atoms with Gasteiger partial charge in [0, 0.05) is 6.54 Å². The van der Waals surface area contributed by atoms with Crippen LogP contribution in [0.1, 0.15) is 31.7 Å². The van der Waals surface area contributed by atoms with E-state index in [0.29, 0.717) is 31.2 Å². The van der Waals surface area contributed by atoms with Gasteiger partial charge in [-0.25, -0.2) is 0 Å². The summed E-state index contributed by atoms with van der Waals surface area (Å²) in [5.41, 5.74) is -0.674. The first kappa shape index (κ1) is 18.6. The molecule has 0 saturated heterocycles. The molecule has 1 aromatic rings. The van der Waals surface area contributed by atoms with E-state index in [1.54, 1.807) is 6.92 Å². The van der Waals surface area contributed by atoms with Crippen molar-refractivity contribution in [3.63, 3.8) is 0 Å². The molecule has 4 nitrogen and oxygen atoms in total. The molecule has 0 amide bonds. The van der Waals surface area contributed by atoms with E-state index < -0.39 is 11.7 Å². The number of alkyl halides is 3. The van der Waals surface area contributed by atoms with Crippen molar-refractivity contribution in [2.75, 3.05) is 19.7 Å². The summed E-state index contributed by atoms with van der Waals surface area (Å²) in [6.07, 6.45) is -2.22. The van der Waals surface area contributed by atoms with E-state index in [1.165, 1.54) is 12.1 Å². The molecule has 0 atom stereocenters. The van der Waals surface area contributed by atoms with Crippen molar-refractivity contribution in [2.24, 2.45) is 5.92 Å². The smallest absolute Gasteiger partial charge is 0.416 e. The molecule has 0 radical (unpaired) electrons. The van der Waals surface area contributed by atoms with Crippen LogP contribution in [0, 0.1) is 5.92 Å². The molecule has 1 fully saturated rings. The zero-order valence-electron chi connectivity index (χ0n) is 13.6. The molecule has 0 heterocycles. The second-order valence-electron chi connectivity index (χ2n) is 5.86. The molecule has 134 valence electrons. The number of rotatable bonds is 8. The highest BCUT2D eigenvalue weighted by Gasteiger charge is 2.32. The predicted molar refractivity (Wildman–Crippen MR) is 82.7 cm³/mol. The minimum absolute atomic E-state index is 0.0404. The van der Waals surface area contributed by atoms with Crippen molar-refractivity contribution in [1.29, 1.82) is 0 Å². The Hall–Kier alpha value is -1.76. The van der Waals surface area contributed by atoms with Gasteiger partial charge in [-0.1, -0.05) is 0 Å². The molecule has 0 aromatic heterocycles. The lowest BCUT2D eigenvalue weighted by Gasteiger charge is -2.35. The molecule has 0 unspecified atom stereocenters. The lowest BCUT2D eigenvalue weighted by atomic mass is 9.82. The van der Waals surface area contributed by atoms with Gasteiger partial charge in [0.2, 0.25) is 0 Å². The van der Waals surface area contributed by atoms with Crippen LogP contribution >= 0.6 is 0 Å². The molecule has 1 aliphatic carbocycles. The second-order valence-corrected chi connectivity index (χ2v) is 5.86. The van der Waals surface area contributed by atoms with Crippen molar-refractivity contribution in [3.05, 3.63) is 29.8 Å². The highest BCUT2D eigenvalue weighted by Crippen LogP contribution is 2.33. The maximum atomic E-state index is 12.5. The van der Waals surface area contributed by atoms with Crippen molar-refractivity contribution >= 4 is 5.97 Å². The van der Waals surface area contributed by atoms with Crippen molar-refractivity contribution in [1.82, 2.24) is 5.32 Å². The number of esters is 1. The normalized spacial score (nSPS) is 20.3. The molecule has 7 heteroatoms. The molecular weight excluding hydrogens is 323 g/mol. The molecular formula is C17H22F3NO3. The number of nitrogens with one attached hydrogen (secondary N) is 1. The van der Waals surface area contributed by atoms with Crippen LogP contribution in [-0.4, -0.2) is 31.8 Å². The van der Waals surface area contributed by atoms with Gasteiger partial charge in [-0.2, -0.15) is 13.2 Å². The molecule has 1 saturated carbocycles. The molecule has 1 aromatic carbocycles. The number of ether oxygens (including phenoxy) is 2. The van der Waals surface area contributed by atoms with E-state index in [9.17, 15) is 18.0 Å². The maximum Gasteiger partial charge on any atom is 0.416 e.